The number of nitrogens with zero attached hydrogens (tertiary/aromatic N) is 4. The van der Waals surface area contributed by atoms with E-state index in [9.17, 15) is 4.79 Å². The average Bonchev–Trinajstić information content (AvgIpc) is 3.22. The predicted octanol–water partition coefficient (Wildman–Crippen LogP) is 3.32. The van der Waals surface area contributed by atoms with Crippen LogP contribution in [-0.2, 0) is 6.54 Å². The molecule has 3 aromatic heterocycles. The molecule has 0 fully saturated rings. The van der Waals surface area contributed by atoms with Crippen LogP contribution in [0, 0.1) is 0 Å². The Morgan fingerprint density at radius 2 is 2.22 bits per heavy atom. The van der Waals surface area contributed by atoms with Gasteiger partial charge in [-0.15, -0.1) is 11.3 Å². The molecule has 0 radical (unpaired) electrons. The third-order valence-electron chi connectivity index (χ3n) is 3.30. The lowest BCUT2D eigenvalue weighted by Gasteiger charge is -2.03. The molecule has 114 valence electrons. The van der Waals surface area contributed by atoms with Crippen LogP contribution in [-0.4, -0.2) is 19.7 Å². The lowest BCUT2D eigenvalue weighted by Crippen LogP contribution is -2.21. The van der Waals surface area contributed by atoms with E-state index in [4.69, 9.17) is 4.52 Å². The minimum Gasteiger partial charge on any atom is -0.337 e. The Hall–Kier alpha value is -2.32. The molecule has 0 saturated carbocycles. The number of fused-ring (bicyclic) bond motifs is 1. The van der Waals surface area contributed by atoms with Gasteiger partial charge in [0, 0.05) is 4.47 Å². The molecule has 0 N–H and O–H groups in total. The maximum atomic E-state index is 12.5. The fourth-order valence-electron chi connectivity index (χ4n) is 2.21. The second-order valence-electron chi connectivity index (χ2n) is 4.83. The zero-order valence-corrected chi connectivity index (χ0v) is 14.0. The van der Waals surface area contributed by atoms with E-state index in [0.717, 1.165) is 9.35 Å². The van der Waals surface area contributed by atoms with Gasteiger partial charge in [0.15, 0.2) is 0 Å². The Bertz CT molecular complexity index is 1040. The molecule has 3 heterocycles. The lowest BCUT2D eigenvalue weighted by atomic mass is 10.2. The van der Waals surface area contributed by atoms with Crippen LogP contribution < -0.4 is 5.56 Å². The van der Waals surface area contributed by atoms with E-state index in [1.165, 1.54) is 22.2 Å². The van der Waals surface area contributed by atoms with E-state index in [0.29, 0.717) is 22.6 Å². The van der Waals surface area contributed by atoms with Crippen LogP contribution >= 0.6 is 27.3 Å². The maximum Gasteiger partial charge on any atom is 0.261 e. The molecule has 23 heavy (non-hydrogen) atoms. The topological polar surface area (TPSA) is 73.8 Å². The van der Waals surface area contributed by atoms with Crippen molar-refractivity contribution < 1.29 is 4.52 Å². The lowest BCUT2D eigenvalue weighted by molar-refractivity contribution is 0.370. The summed E-state index contributed by atoms with van der Waals surface area (Å²) in [6.45, 7) is 0.187. The van der Waals surface area contributed by atoms with Crippen LogP contribution in [0.4, 0.5) is 0 Å². The molecule has 0 bridgehead atoms. The van der Waals surface area contributed by atoms with Crippen LogP contribution in [0.1, 0.15) is 5.89 Å². The molecule has 0 atom stereocenters. The highest BCUT2D eigenvalue weighted by atomic mass is 79.9. The van der Waals surface area contributed by atoms with E-state index in [1.807, 2.05) is 23.6 Å². The molecular weight excluding hydrogens is 380 g/mol. The Morgan fingerprint density at radius 3 is 3.04 bits per heavy atom. The fraction of sp³-hybridized carbons (Fsp3) is 0.0667. The predicted molar refractivity (Wildman–Crippen MR) is 90.4 cm³/mol. The van der Waals surface area contributed by atoms with Gasteiger partial charge in [0.05, 0.1) is 22.1 Å². The Labute approximate surface area is 142 Å². The van der Waals surface area contributed by atoms with Crippen LogP contribution in [0.25, 0.3) is 21.6 Å². The van der Waals surface area contributed by atoms with Gasteiger partial charge in [0.1, 0.15) is 6.54 Å². The van der Waals surface area contributed by atoms with Crippen LogP contribution in [0.3, 0.4) is 0 Å². The second-order valence-corrected chi connectivity index (χ2v) is 6.69. The van der Waals surface area contributed by atoms with Gasteiger partial charge in [-0.2, -0.15) is 4.98 Å². The minimum atomic E-state index is -0.146. The largest absolute Gasteiger partial charge is 0.337 e. The summed E-state index contributed by atoms with van der Waals surface area (Å²) in [4.78, 5) is 22.1. The van der Waals surface area contributed by atoms with Crippen molar-refractivity contribution in [2.75, 3.05) is 0 Å². The molecule has 0 amide bonds. The highest BCUT2D eigenvalue weighted by molar-refractivity contribution is 9.10. The molecule has 6 nitrogen and oxygen atoms in total. The number of aromatic nitrogens is 4. The van der Waals surface area contributed by atoms with Gasteiger partial charge in [-0.25, -0.2) is 4.98 Å². The SMILES string of the molecule is O=c1c2cc(Br)ccc2ncn1Cc1nc(-c2cccs2)no1. The summed E-state index contributed by atoms with van der Waals surface area (Å²) in [5.74, 6) is 0.895. The molecule has 4 rings (SSSR count). The van der Waals surface area contributed by atoms with E-state index in [2.05, 4.69) is 31.1 Å². The van der Waals surface area contributed by atoms with Crippen LogP contribution in [0.2, 0.25) is 0 Å². The third kappa shape index (κ3) is 2.71. The van der Waals surface area contributed by atoms with Crippen molar-refractivity contribution in [2.24, 2.45) is 0 Å². The van der Waals surface area contributed by atoms with Crippen molar-refractivity contribution >= 4 is 38.2 Å². The number of thiophene rings is 1. The van der Waals surface area contributed by atoms with E-state index in [1.54, 1.807) is 12.1 Å². The summed E-state index contributed by atoms with van der Waals surface area (Å²) >= 11 is 4.90. The summed E-state index contributed by atoms with van der Waals surface area (Å²) in [6, 6.07) is 9.25. The quantitative estimate of drug-likeness (QED) is 0.538. The first-order chi connectivity index (χ1) is 11.2. The molecule has 0 aliphatic heterocycles. The normalized spacial score (nSPS) is 11.2. The molecular formula is C15H9BrN4O2S. The number of rotatable bonds is 3. The van der Waals surface area contributed by atoms with Crippen molar-refractivity contribution in [2.45, 2.75) is 6.54 Å². The summed E-state index contributed by atoms with van der Waals surface area (Å²) < 4.78 is 7.52. The Kier molecular flexibility index (Phi) is 3.55. The van der Waals surface area contributed by atoms with Crippen molar-refractivity contribution in [3.05, 3.63) is 62.8 Å². The number of hydrogen-bond donors (Lipinski definition) is 0. The van der Waals surface area contributed by atoms with Gasteiger partial charge in [-0.3, -0.25) is 9.36 Å². The van der Waals surface area contributed by atoms with Gasteiger partial charge in [-0.1, -0.05) is 27.2 Å². The fourth-order valence-corrected chi connectivity index (χ4v) is 3.22. The number of halogens is 1. The molecule has 0 saturated heterocycles. The summed E-state index contributed by atoms with van der Waals surface area (Å²) in [5, 5.41) is 6.43. The third-order valence-corrected chi connectivity index (χ3v) is 4.66. The summed E-state index contributed by atoms with van der Waals surface area (Å²) in [6.07, 6.45) is 1.49. The van der Waals surface area contributed by atoms with Gasteiger partial charge in [0.2, 0.25) is 11.7 Å². The molecule has 4 aromatic rings. The zero-order valence-electron chi connectivity index (χ0n) is 11.6. The van der Waals surface area contributed by atoms with Gasteiger partial charge in [0.25, 0.3) is 5.56 Å². The molecule has 0 aliphatic rings. The molecule has 0 spiro atoms. The smallest absolute Gasteiger partial charge is 0.261 e. The minimum absolute atomic E-state index is 0.146. The summed E-state index contributed by atoms with van der Waals surface area (Å²) in [5.41, 5.74) is 0.506. The van der Waals surface area contributed by atoms with E-state index < -0.39 is 0 Å². The van der Waals surface area contributed by atoms with Crippen molar-refractivity contribution in [3.8, 4) is 10.7 Å². The standard InChI is InChI=1S/C15H9BrN4O2S/c16-9-3-4-11-10(6-9)15(21)20(8-17-11)7-13-18-14(19-22-13)12-2-1-5-23-12/h1-6,8H,7H2. The molecule has 8 heteroatoms. The van der Waals surface area contributed by atoms with Gasteiger partial charge in [-0.05, 0) is 29.6 Å². The average molecular weight is 389 g/mol. The molecule has 0 aliphatic carbocycles. The monoisotopic (exact) mass is 388 g/mol. The van der Waals surface area contributed by atoms with Crippen molar-refractivity contribution in [3.63, 3.8) is 0 Å². The van der Waals surface area contributed by atoms with Crippen molar-refractivity contribution in [1.29, 1.82) is 0 Å². The second kappa shape index (κ2) is 5.71. The molecule has 0 unspecified atom stereocenters. The number of benzene rings is 1. The first-order valence-corrected chi connectivity index (χ1v) is 8.39. The Morgan fingerprint density at radius 1 is 1.30 bits per heavy atom. The zero-order chi connectivity index (χ0) is 15.8. The van der Waals surface area contributed by atoms with Crippen molar-refractivity contribution in [1.82, 2.24) is 19.7 Å². The highest BCUT2D eigenvalue weighted by Gasteiger charge is 2.12. The highest BCUT2D eigenvalue weighted by Crippen LogP contribution is 2.21. The Balaban J connectivity index is 1.70. The maximum absolute atomic E-state index is 12.5. The first kappa shape index (κ1) is 14.3. The number of hydrogen-bond acceptors (Lipinski definition) is 6. The summed E-state index contributed by atoms with van der Waals surface area (Å²) in [7, 11) is 0. The van der Waals surface area contributed by atoms with E-state index in [-0.39, 0.29) is 12.1 Å². The van der Waals surface area contributed by atoms with Crippen LogP contribution in [0.15, 0.2) is 55.8 Å². The first-order valence-electron chi connectivity index (χ1n) is 6.72. The van der Waals surface area contributed by atoms with E-state index >= 15 is 0 Å². The van der Waals surface area contributed by atoms with Gasteiger partial charge < -0.3 is 4.52 Å². The van der Waals surface area contributed by atoms with Crippen LogP contribution in [0.5, 0.6) is 0 Å². The molecule has 1 aromatic carbocycles. The van der Waals surface area contributed by atoms with Gasteiger partial charge >= 0.3 is 0 Å².